The Balaban J connectivity index is 2.94. The third-order valence-corrected chi connectivity index (χ3v) is 3.03. The van der Waals surface area contributed by atoms with Crippen molar-refractivity contribution in [1.82, 2.24) is 10.3 Å². The summed E-state index contributed by atoms with van der Waals surface area (Å²) in [6.07, 6.45) is 1.72. The maximum atomic E-state index is 5.83. The van der Waals surface area contributed by atoms with E-state index in [9.17, 15) is 0 Å². The second kappa shape index (κ2) is 5.47. The molecule has 0 fully saturated rings. The highest BCUT2D eigenvalue weighted by atomic mass is 35.5. The second-order valence-electron chi connectivity index (χ2n) is 4.25. The van der Waals surface area contributed by atoms with E-state index in [4.69, 9.17) is 11.6 Å². The Morgan fingerprint density at radius 2 is 1.93 bits per heavy atom. The molecule has 0 saturated carbocycles. The molecular weight excluding hydrogens is 208 g/mol. The predicted molar refractivity (Wildman–Crippen MR) is 65.3 cm³/mol. The molecule has 1 N–H and O–H groups in total. The zero-order valence-electron chi connectivity index (χ0n) is 9.79. The van der Waals surface area contributed by atoms with Crippen LogP contribution in [0.3, 0.4) is 0 Å². The van der Waals surface area contributed by atoms with Gasteiger partial charge in [0, 0.05) is 23.9 Å². The number of rotatable bonds is 4. The van der Waals surface area contributed by atoms with E-state index in [2.05, 4.69) is 31.1 Å². The summed E-state index contributed by atoms with van der Waals surface area (Å²) in [6.45, 7) is 6.62. The maximum absolute atomic E-state index is 5.83. The van der Waals surface area contributed by atoms with Crippen molar-refractivity contribution in [3.63, 3.8) is 0 Å². The molecule has 2 unspecified atom stereocenters. The number of aromatic nitrogens is 1. The fraction of sp³-hybridized carbons (Fsp3) is 0.583. The van der Waals surface area contributed by atoms with Gasteiger partial charge in [0.25, 0.3) is 0 Å². The van der Waals surface area contributed by atoms with Crippen LogP contribution in [-0.4, -0.2) is 18.1 Å². The molecule has 0 saturated heterocycles. The van der Waals surface area contributed by atoms with Gasteiger partial charge in [-0.2, -0.15) is 0 Å². The lowest BCUT2D eigenvalue weighted by molar-refractivity contribution is 0.388. The second-order valence-corrected chi connectivity index (χ2v) is 4.68. The number of nitrogens with zero attached hydrogens (tertiary/aromatic N) is 1. The Morgan fingerprint density at radius 1 is 1.27 bits per heavy atom. The number of nitrogens with one attached hydrogen (secondary N) is 1. The van der Waals surface area contributed by atoms with E-state index in [1.807, 2.05) is 19.2 Å². The Hall–Kier alpha value is -0.600. The lowest BCUT2D eigenvalue weighted by Crippen LogP contribution is -2.32. The molecule has 2 atom stereocenters. The SMILES string of the molecule is CNC(C)C(c1ccc(Cl)cn1)C(C)C. The predicted octanol–water partition coefficient (Wildman–Crippen LogP) is 3.08. The Kier molecular flexibility index (Phi) is 4.55. The molecule has 2 nitrogen and oxygen atoms in total. The Labute approximate surface area is 97.1 Å². The minimum Gasteiger partial charge on any atom is -0.317 e. The minimum absolute atomic E-state index is 0.415. The normalized spacial score (nSPS) is 15.3. The van der Waals surface area contributed by atoms with Crippen LogP contribution in [0.1, 0.15) is 32.4 Å². The lowest BCUT2D eigenvalue weighted by Gasteiger charge is -2.26. The van der Waals surface area contributed by atoms with Gasteiger partial charge in [0.2, 0.25) is 0 Å². The molecule has 84 valence electrons. The number of pyridine rings is 1. The highest BCUT2D eigenvalue weighted by Crippen LogP contribution is 2.26. The molecule has 1 rings (SSSR count). The smallest absolute Gasteiger partial charge is 0.0589 e. The molecule has 0 bridgehead atoms. The zero-order chi connectivity index (χ0) is 11.4. The molecule has 0 radical (unpaired) electrons. The molecule has 0 aliphatic rings. The molecule has 0 aliphatic heterocycles. The number of hydrogen-bond acceptors (Lipinski definition) is 2. The average molecular weight is 227 g/mol. The first kappa shape index (κ1) is 12.5. The van der Waals surface area contributed by atoms with Crippen LogP contribution in [0.25, 0.3) is 0 Å². The molecular formula is C12H19ClN2. The van der Waals surface area contributed by atoms with E-state index in [-0.39, 0.29) is 0 Å². The Morgan fingerprint density at radius 3 is 2.33 bits per heavy atom. The molecule has 1 aromatic heterocycles. The summed E-state index contributed by atoms with van der Waals surface area (Å²) in [5.41, 5.74) is 1.11. The molecule has 0 aromatic carbocycles. The summed E-state index contributed by atoms with van der Waals surface area (Å²) in [5.74, 6) is 0.980. The first-order valence-corrected chi connectivity index (χ1v) is 5.72. The lowest BCUT2D eigenvalue weighted by atomic mass is 9.86. The maximum Gasteiger partial charge on any atom is 0.0589 e. The summed E-state index contributed by atoms with van der Waals surface area (Å²) in [7, 11) is 1.98. The van der Waals surface area contributed by atoms with E-state index in [0.717, 1.165) is 5.69 Å². The highest BCUT2D eigenvalue weighted by molar-refractivity contribution is 6.30. The standard InChI is InChI=1S/C12H19ClN2/c1-8(2)12(9(3)14-4)11-6-5-10(13)7-15-11/h5-9,12,14H,1-4H3. The number of hydrogen-bond donors (Lipinski definition) is 1. The van der Waals surface area contributed by atoms with Crippen molar-refractivity contribution in [1.29, 1.82) is 0 Å². The van der Waals surface area contributed by atoms with Gasteiger partial charge in [-0.15, -0.1) is 0 Å². The monoisotopic (exact) mass is 226 g/mol. The molecule has 15 heavy (non-hydrogen) atoms. The molecule has 0 spiro atoms. The minimum atomic E-state index is 0.415. The topological polar surface area (TPSA) is 24.9 Å². The summed E-state index contributed by atoms with van der Waals surface area (Å²) in [6, 6.07) is 4.33. The van der Waals surface area contributed by atoms with E-state index in [1.165, 1.54) is 0 Å². The van der Waals surface area contributed by atoms with Crippen LogP contribution in [0, 0.1) is 5.92 Å². The van der Waals surface area contributed by atoms with Gasteiger partial charge in [0.1, 0.15) is 0 Å². The summed E-state index contributed by atoms with van der Waals surface area (Å²) < 4.78 is 0. The van der Waals surface area contributed by atoms with Gasteiger partial charge in [-0.1, -0.05) is 25.4 Å². The van der Waals surface area contributed by atoms with Gasteiger partial charge < -0.3 is 5.32 Å². The summed E-state index contributed by atoms with van der Waals surface area (Å²) >= 11 is 5.83. The van der Waals surface area contributed by atoms with Crippen molar-refractivity contribution < 1.29 is 0 Å². The van der Waals surface area contributed by atoms with Crippen molar-refractivity contribution in [2.75, 3.05) is 7.05 Å². The van der Waals surface area contributed by atoms with Crippen molar-refractivity contribution in [2.45, 2.75) is 32.7 Å². The van der Waals surface area contributed by atoms with E-state index in [1.54, 1.807) is 6.20 Å². The average Bonchev–Trinajstić information content (AvgIpc) is 2.20. The van der Waals surface area contributed by atoms with E-state index >= 15 is 0 Å². The number of likely N-dealkylation sites (N-methyl/N-ethyl adjacent to an activating group) is 1. The van der Waals surface area contributed by atoms with Crippen LogP contribution < -0.4 is 5.32 Å². The van der Waals surface area contributed by atoms with Crippen LogP contribution in [0.5, 0.6) is 0 Å². The third-order valence-electron chi connectivity index (χ3n) is 2.80. The largest absolute Gasteiger partial charge is 0.317 e. The van der Waals surface area contributed by atoms with E-state index < -0.39 is 0 Å². The fourth-order valence-electron chi connectivity index (χ4n) is 1.94. The quantitative estimate of drug-likeness (QED) is 0.854. The first-order chi connectivity index (χ1) is 7.06. The van der Waals surface area contributed by atoms with Crippen molar-refractivity contribution in [3.8, 4) is 0 Å². The molecule has 3 heteroatoms. The van der Waals surface area contributed by atoms with Gasteiger partial charge in [-0.3, -0.25) is 4.98 Å². The van der Waals surface area contributed by atoms with Crippen molar-refractivity contribution in [3.05, 3.63) is 29.0 Å². The fourth-order valence-corrected chi connectivity index (χ4v) is 2.05. The third kappa shape index (κ3) is 3.18. The Bertz CT molecular complexity index is 295. The van der Waals surface area contributed by atoms with Gasteiger partial charge in [-0.25, -0.2) is 0 Å². The zero-order valence-corrected chi connectivity index (χ0v) is 10.5. The van der Waals surface area contributed by atoms with Gasteiger partial charge in [0.05, 0.1) is 5.02 Å². The van der Waals surface area contributed by atoms with Crippen LogP contribution >= 0.6 is 11.6 Å². The summed E-state index contributed by atoms with van der Waals surface area (Å²) in [5, 5.41) is 3.98. The summed E-state index contributed by atoms with van der Waals surface area (Å²) in [4.78, 5) is 4.40. The number of halogens is 1. The molecule has 0 amide bonds. The van der Waals surface area contributed by atoms with Crippen LogP contribution in [-0.2, 0) is 0 Å². The van der Waals surface area contributed by atoms with Crippen LogP contribution in [0.2, 0.25) is 5.02 Å². The van der Waals surface area contributed by atoms with Crippen molar-refractivity contribution in [2.24, 2.45) is 5.92 Å². The van der Waals surface area contributed by atoms with Gasteiger partial charge in [-0.05, 0) is 32.0 Å². The first-order valence-electron chi connectivity index (χ1n) is 5.35. The van der Waals surface area contributed by atoms with Crippen molar-refractivity contribution >= 4 is 11.6 Å². The molecule has 1 aromatic rings. The van der Waals surface area contributed by atoms with E-state index in [0.29, 0.717) is 22.9 Å². The molecule has 0 aliphatic carbocycles. The highest BCUT2D eigenvalue weighted by Gasteiger charge is 2.22. The van der Waals surface area contributed by atoms with Crippen LogP contribution in [0.15, 0.2) is 18.3 Å². The molecule has 1 heterocycles. The van der Waals surface area contributed by atoms with Gasteiger partial charge >= 0.3 is 0 Å². The van der Waals surface area contributed by atoms with Gasteiger partial charge in [0.15, 0.2) is 0 Å². The van der Waals surface area contributed by atoms with Crippen LogP contribution in [0.4, 0.5) is 0 Å².